The average Bonchev–Trinajstić information content (AvgIpc) is 2.97. The SMILES string of the molecule is NCC#Cc1cccc(S(=O)(=O)NCC2CCSC2)c1. The first-order chi connectivity index (χ1) is 9.62. The Morgan fingerprint density at radius 3 is 3.00 bits per heavy atom. The number of rotatable bonds is 4. The fraction of sp³-hybridized carbons (Fsp3) is 0.429. The molecular weight excluding hydrogens is 292 g/mol. The van der Waals surface area contributed by atoms with Crippen molar-refractivity contribution in [2.75, 3.05) is 24.6 Å². The molecule has 20 heavy (non-hydrogen) atoms. The van der Waals surface area contributed by atoms with Crippen LogP contribution in [0.4, 0.5) is 0 Å². The lowest BCUT2D eigenvalue weighted by Gasteiger charge is -2.11. The summed E-state index contributed by atoms with van der Waals surface area (Å²) in [6.07, 6.45) is 1.08. The third-order valence-electron chi connectivity index (χ3n) is 3.07. The van der Waals surface area contributed by atoms with Crippen LogP contribution in [0.25, 0.3) is 0 Å². The normalized spacial score (nSPS) is 18.6. The van der Waals surface area contributed by atoms with Crippen molar-refractivity contribution >= 4 is 21.8 Å². The van der Waals surface area contributed by atoms with Gasteiger partial charge in [-0.25, -0.2) is 13.1 Å². The minimum Gasteiger partial charge on any atom is -0.320 e. The van der Waals surface area contributed by atoms with Crippen molar-refractivity contribution in [3.8, 4) is 11.8 Å². The highest BCUT2D eigenvalue weighted by molar-refractivity contribution is 7.99. The van der Waals surface area contributed by atoms with Crippen LogP contribution in [0.15, 0.2) is 29.2 Å². The van der Waals surface area contributed by atoms with Crippen molar-refractivity contribution in [3.05, 3.63) is 29.8 Å². The summed E-state index contributed by atoms with van der Waals surface area (Å²) in [6.45, 7) is 0.766. The van der Waals surface area contributed by atoms with Crippen LogP contribution in [0.3, 0.4) is 0 Å². The first kappa shape index (κ1) is 15.4. The zero-order valence-electron chi connectivity index (χ0n) is 11.1. The Balaban J connectivity index is 2.08. The minimum atomic E-state index is -3.45. The van der Waals surface area contributed by atoms with Gasteiger partial charge >= 0.3 is 0 Å². The van der Waals surface area contributed by atoms with Crippen LogP contribution in [0.2, 0.25) is 0 Å². The Bertz CT molecular complexity index is 612. The lowest BCUT2D eigenvalue weighted by molar-refractivity contribution is 0.546. The summed E-state index contributed by atoms with van der Waals surface area (Å²) < 4.78 is 27.1. The van der Waals surface area contributed by atoms with Crippen LogP contribution in [0, 0.1) is 17.8 Å². The molecule has 1 unspecified atom stereocenters. The van der Waals surface area contributed by atoms with Crippen molar-refractivity contribution < 1.29 is 8.42 Å². The number of benzene rings is 1. The molecule has 3 N–H and O–H groups in total. The maximum Gasteiger partial charge on any atom is 0.240 e. The van der Waals surface area contributed by atoms with E-state index in [4.69, 9.17) is 5.73 Å². The van der Waals surface area contributed by atoms with Gasteiger partial charge in [-0.05, 0) is 42.0 Å². The molecule has 1 fully saturated rings. The molecule has 0 aliphatic carbocycles. The summed E-state index contributed by atoms with van der Waals surface area (Å²) in [6, 6.07) is 6.63. The van der Waals surface area contributed by atoms with Crippen LogP contribution in [-0.4, -0.2) is 33.0 Å². The van der Waals surface area contributed by atoms with Gasteiger partial charge < -0.3 is 5.73 Å². The van der Waals surface area contributed by atoms with Crippen LogP contribution >= 0.6 is 11.8 Å². The molecule has 1 aliphatic rings. The van der Waals surface area contributed by atoms with E-state index in [1.54, 1.807) is 24.3 Å². The average molecular weight is 310 g/mol. The Morgan fingerprint density at radius 2 is 2.30 bits per heavy atom. The fourth-order valence-corrected chi connectivity index (χ4v) is 4.40. The van der Waals surface area contributed by atoms with Gasteiger partial charge in [-0.15, -0.1) is 0 Å². The molecule has 1 aromatic carbocycles. The third-order valence-corrected chi connectivity index (χ3v) is 5.72. The predicted octanol–water partition coefficient (Wildman–Crippen LogP) is 1.03. The number of sulfonamides is 1. The summed E-state index contributed by atoms with van der Waals surface area (Å²) in [4.78, 5) is 0.256. The first-order valence-electron chi connectivity index (χ1n) is 6.48. The Hall–Kier alpha value is -1.00. The number of hydrogen-bond acceptors (Lipinski definition) is 4. The van der Waals surface area contributed by atoms with Crippen molar-refractivity contribution in [2.45, 2.75) is 11.3 Å². The van der Waals surface area contributed by atoms with Crippen LogP contribution in [-0.2, 0) is 10.0 Å². The second-order valence-corrected chi connectivity index (χ2v) is 7.53. The summed E-state index contributed by atoms with van der Waals surface area (Å²) in [5.74, 6) is 8.16. The number of nitrogens with two attached hydrogens (primary N) is 1. The van der Waals surface area contributed by atoms with Crippen molar-refractivity contribution in [3.63, 3.8) is 0 Å². The Labute approximate surface area is 124 Å². The highest BCUT2D eigenvalue weighted by Crippen LogP contribution is 2.23. The molecule has 6 heteroatoms. The summed E-state index contributed by atoms with van der Waals surface area (Å²) in [5.41, 5.74) is 5.97. The second-order valence-electron chi connectivity index (χ2n) is 4.62. The number of nitrogens with one attached hydrogen (secondary N) is 1. The van der Waals surface area contributed by atoms with Gasteiger partial charge in [0.2, 0.25) is 10.0 Å². The molecule has 1 atom stereocenters. The van der Waals surface area contributed by atoms with E-state index in [1.807, 2.05) is 11.8 Å². The van der Waals surface area contributed by atoms with E-state index < -0.39 is 10.0 Å². The molecule has 0 saturated carbocycles. The zero-order valence-corrected chi connectivity index (χ0v) is 12.8. The predicted molar refractivity (Wildman–Crippen MR) is 83.0 cm³/mol. The first-order valence-corrected chi connectivity index (χ1v) is 9.12. The molecular formula is C14H18N2O2S2. The summed E-state index contributed by atoms with van der Waals surface area (Å²) in [5, 5.41) is 0. The lowest BCUT2D eigenvalue weighted by atomic mass is 10.1. The van der Waals surface area contributed by atoms with E-state index >= 15 is 0 Å². The van der Waals surface area contributed by atoms with Gasteiger partial charge in [-0.2, -0.15) is 11.8 Å². The van der Waals surface area contributed by atoms with Crippen molar-refractivity contribution in [1.82, 2.24) is 4.72 Å². The van der Waals surface area contributed by atoms with Gasteiger partial charge in [0, 0.05) is 12.1 Å². The van der Waals surface area contributed by atoms with Crippen LogP contribution in [0.1, 0.15) is 12.0 Å². The monoisotopic (exact) mass is 310 g/mol. The third kappa shape index (κ3) is 4.25. The van der Waals surface area contributed by atoms with Crippen LogP contribution < -0.4 is 10.5 Å². The number of thioether (sulfide) groups is 1. The Morgan fingerprint density at radius 1 is 1.45 bits per heavy atom. The topological polar surface area (TPSA) is 72.2 Å². The largest absolute Gasteiger partial charge is 0.320 e. The van der Waals surface area contributed by atoms with Gasteiger partial charge in [-0.3, -0.25) is 0 Å². The van der Waals surface area contributed by atoms with E-state index in [0.717, 1.165) is 17.9 Å². The number of hydrogen-bond donors (Lipinski definition) is 2. The smallest absolute Gasteiger partial charge is 0.240 e. The Kier molecular flexibility index (Phi) is 5.49. The molecule has 0 radical (unpaired) electrons. The molecule has 1 saturated heterocycles. The molecule has 108 valence electrons. The van der Waals surface area contributed by atoms with Gasteiger partial charge in [0.1, 0.15) is 0 Å². The molecule has 1 aromatic rings. The maximum absolute atomic E-state index is 12.2. The van der Waals surface area contributed by atoms with Crippen LogP contribution in [0.5, 0.6) is 0 Å². The second kappa shape index (κ2) is 7.14. The summed E-state index contributed by atoms with van der Waals surface area (Å²) in [7, 11) is -3.45. The molecule has 0 amide bonds. The molecule has 4 nitrogen and oxygen atoms in total. The van der Waals surface area contributed by atoms with E-state index in [1.165, 1.54) is 0 Å². The van der Waals surface area contributed by atoms with E-state index in [0.29, 0.717) is 18.0 Å². The molecule has 1 heterocycles. The van der Waals surface area contributed by atoms with Gasteiger partial charge in [0.15, 0.2) is 0 Å². The maximum atomic E-state index is 12.2. The highest BCUT2D eigenvalue weighted by Gasteiger charge is 2.20. The van der Waals surface area contributed by atoms with E-state index in [2.05, 4.69) is 16.6 Å². The fourth-order valence-electron chi connectivity index (χ4n) is 1.95. The zero-order chi connectivity index (χ0) is 14.4. The standard InChI is InChI=1S/C14H18N2O2S2/c15-7-2-4-12-3-1-5-14(9-12)20(17,18)16-10-13-6-8-19-11-13/h1,3,5,9,13,16H,6-8,10-11,15H2. The molecule has 0 spiro atoms. The molecule has 2 rings (SSSR count). The van der Waals surface area contributed by atoms with E-state index in [-0.39, 0.29) is 11.4 Å². The van der Waals surface area contributed by atoms with Gasteiger partial charge in [0.05, 0.1) is 11.4 Å². The quantitative estimate of drug-likeness (QED) is 0.815. The molecule has 0 aromatic heterocycles. The van der Waals surface area contributed by atoms with Gasteiger partial charge in [-0.1, -0.05) is 17.9 Å². The molecule has 0 bridgehead atoms. The minimum absolute atomic E-state index is 0.256. The van der Waals surface area contributed by atoms with E-state index in [9.17, 15) is 8.42 Å². The van der Waals surface area contributed by atoms with Crippen molar-refractivity contribution in [2.24, 2.45) is 11.7 Å². The van der Waals surface area contributed by atoms with Crippen molar-refractivity contribution in [1.29, 1.82) is 0 Å². The highest BCUT2D eigenvalue weighted by atomic mass is 32.2. The lowest BCUT2D eigenvalue weighted by Crippen LogP contribution is -2.29. The summed E-state index contributed by atoms with van der Waals surface area (Å²) >= 11 is 1.88. The van der Waals surface area contributed by atoms with Gasteiger partial charge in [0.25, 0.3) is 0 Å². The molecule has 1 aliphatic heterocycles.